The maximum Gasteiger partial charge on any atom is 0.243 e. The Balaban J connectivity index is 2.40. The number of unbranched alkanes of at least 4 members (excludes halogenated alkanes) is 2. The maximum atomic E-state index is 11.6. The van der Waals surface area contributed by atoms with Gasteiger partial charge >= 0.3 is 0 Å². The van der Waals surface area contributed by atoms with E-state index in [1.54, 1.807) is 6.08 Å². The Kier molecular flexibility index (Phi) is 6.94. The molecular formula is C17H25NO. The van der Waals surface area contributed by atoms with Gasteiger partial charge in [0.15, 0.2) is 0 Å². The molecule has 0 heterocycles. The van der Waals surface area contributed by atoms with Crippen molar-refractivity contribution in [3.8, 4) is 0 Å². The van der Waals surface area contributed by atoms with Crippen LogP contribution in [-0.4, -0.2) is 12.5 Å². The van der Waals surface area contributed by atoms with Gasteiger partial charge in [0.1, 0.15) is 0 Å². The molecule has 2 nitrogen and oxygen atoms in total. The van der Waals surface area contributed by atoms with E-state index in [-0.39, 0.29) is 5.91 Å². The minimum absolute atomic E-state index is 0.0101. The average molecular weight is 259 g/mol. The van der Waals surface area contributed by atoms with Crippen LogP contribution in [0.4, 0.5) is 0 Å². The van der Waals surface area contributed by atoms with E-state index in [4.69, 9.17) is 0 Å². The topological polar surface area (TPSA) is 29.1 Å². The molecule has 0 radical (unpaired) electrons. The number of hydrogen-bond acceptors (Lipinski definition) is 1. The van der Waals surface area contributed by atoms with Crippen molar-refractivity contribution in [3.05, 3.63) is 41.5 Å². The monoisotopic (exact) mass is 259 g/mol. The highest BCUT2D eigenvalue weighted by molar-refractivity contribution is 5.91. The van der Waals surface area contributed by atoms with Gasteiger partial charge < -0.3 is 5.32 Å². The highest BCUT2D eigenvalue weighted by Crippen LogP contribution is 2.15. The molecule has 0 aromatic heterocycles. The summed E-state index contributed by atoms with van der Waals surface area (Å²) in [4.78, 5) is 11.6. The largest absolute Gasteiger partial charge is 0.353 e. The van der Waals surface area contributed by atoms with Crippen LogP contribution in [0.25, 0.3) is 6.08 Å². The first-order chi connectivity index (χ1) is 9.13. The molecule has 1 amide bonds. The normalized spacial score (nSPS) is 11.2. The summed E-state index contributed by atoms with van der Waals surface area (Å²) < 4.78 is 0. The molecule has 0 aliphatic carbocycles. The molecule has 1 aromatic carbocycles. The number of rotatable bonds is 7. The molecule has 0 fully saturated rings. The summed E-state index contributed by atoms with van der Waals surface area (Å²) in [6.45, 7) is 7.27. The highest BCUT2D eigenvalue weighted by Gasteiger charge is 1.98. The summed E-state index contributed by atoms with van der Waals surface area (Å²) in [5.41, 5.74) is 2.38. The van der Waals surface area contributed by atoms with Crippen LogP contribution in [0.2, 0.25) is 0 Å². The van der Waals surface area contributed by atoms with Gasteiger partial charge in [-0.25, -0.2) is 0 Å². The van der Waals surface area contributed by atoms with Crippen LogP contribution in [0.15, 0.2) is 30.3 Å². The van der Waals surface area contributed by atoms with Crippen molar-refractivity contribution in [2.24, 2.45) is 0 Å². The predicted molar refractivity (Wildman–Crippen MR) is 82.1 cm³/mol. The number of hydrogen-bond donors (Lipinski definition) is 1. The third-order valence-corrected chi connectivity index (χ3v) is 3.11. The lowest BCUT2D eigenvalue weighted by atomic mass is 10.0. The van der Waals surface area contributed by atoms with Gasteiger partial charge in [0, 0.05) is 12.6 Å². The van der Waals surface area contributed by atoms with Crippen molar-refractivity contribution in [2.45, 2.75) is 46.0 Å². The summed E-state index contributed by atoms with van der Waals surface area (Å²) >= 11 is 0. The van der Waals surface area contributed by atoms with Crippen LogP contribution in [0, 0.1) is 0 Å². The van der Waals surface area contributed by atoms with E-state index >= 15 is 0 Å². The van der Waals surface area contributed by atoms with Crippen LogP contribution in [0.1, 0.15) is 57.1 Å². The minimum atomic E-state index is -0.0101. The summed E-state index contributed by atoms with van der Waals surface area (Å²) in [6, 6.07) is 8.33. The fourth-order valence-corrected chi connectivity index (χ4v) is 1.81. The summed E-state index contributed by atoms with van der Waals surface area (Å²) in [5, 5.41) is 2.89. The lowest BCUT2D eigenvalue weighted by molar-refractivity contribution is -0.116. The Morgan fingerprint density at radius 2 is 1.89 bits per heavy atom. The van der Waals surface area contributed by atoms with Crippen molar-refractivity contribution in [1.82, 2.24) is 5.32 Å². The molecule has 0 unspecified atom stereocenters. The van der Waals surface area contributed by atoms with Gasteiger partial charge in [0.25, 0.3) is 0 Å². The molecule has 0 saturated heterocycles. The zero-order valence-corrected chi connectivity index (χ0v) is 12.3. The fraction of sp³-hybridized carbons (Fsp3) is 0.471. The molecule has 2 heteroatoms. The van der Waals surface area contributed by atoms with Crippen LogP contribution in [0.3, 0.4) is 0 Å². The van der Waals surface area contributed by atoms with Crippen molar-refractivity contribution in [3.63, 3.8) is 0 Å². The smallest absolute Gasteiger partial charge is 0.243 e. The lowest BCUT2D eigenvalue weighted by Crippen LogP contribution is -2.21. The summed E-state index contributed by atoms with van der Waals surface area (Å²) in [6.07, 6.45) is 6.86. The van der Waals surface area contributed by atoms with E-state index in [1.165, 1.54) is 18.4 Å². The molecule has 0 bridgehead atoms. The Labute approximate surface area is 116 Å². The van der Waals surface area contributed by atoms with E-state index in [0.29, 0.717) is 5.92 Å². The van der Waals surface area contributed by atoms with Gasteiger partial charge in [-0.2, -0.15) is 0 Å². The van der Waals surface area contributed by atoms with E-state index in [9.17, 15) is 4.79 Å². The molecule has 1 N–H and O–H groups in total. The van der Waals surface area contributed by atoms with E-state index < -0.39 is 0 Å². The Morgan fingerprint density at radius 3 is 2.47 bits per heavy atom. The molecule has 104 valence electrons. The van der Waals surface area contributed by atoms with Gasteiger partial charge in [-0.15, -0.1) is 0 Å². The standard InChI is InChI=1S/C17H25NO/c1-4-5-6-13-18-17(19)12-9-15-7-10-16(11-8-15)14(2)3/h7-12,14H,4-6,13H2,1-3H3,(H,18,19)/b12-9+. The van der Waals surface area contributed by atoms with Gasteiger partial charge in [0.05, 0.1) is 0 Å². The quantitative estimate of drug-likeness (QED) is 0.579. The van der Waals surface area contributed by atoms with Crippen molar-refractivity contribution < 1.29 is 4.79 Å². The average Bonchev–Trinajstić information content (AvgIpc) is 2.42. The first-order valence-electron chi connectivity index (χ1n) is 7.19. The molecule has 1 rings (SSSR count). The maximum absolute atomic E-state index is 11.6. The van der Waals surface area contributed by atoms with Gasteiger partial charge in [-0.05, 0) is 29.5 Å². The SMILES string of the molecule is CCCCCNC(=O)/C=C/c1ccc(C(C)C)cc1. The van der Waals surface area contributed by atoms with Crippen LogP contribution in [-0.2, 0) is 4.79 Å². The number of carbonyl (C=O) groups excluding carboxylic acids is 1. The second-order valence-corrected chi connectivity index (χ2v) is 5.15. The van der Waals surface area contributed by atoms with Crippen LogP contribution < -0.4 is 5.32 Å². The molecule has 0 aliphatic rings. The molecule has 19 heavy (non-hydrogen) atoms. The lowest BCUT2D eigenvalue weighted by Gasteiger charge is -2.04. The van der Waals surface area contributed by atoms with Gasteiger partial charge in [-0.3, -0.25) is 4.79 Å². The molecule has 0 aliphatic heterocycles. The highest BCUT2D eigenvalue weighted by atomic mass is 16.1. The van der Waals surface area contributed by atoms with E-state index in [2.05, 4.69) is 50.4 Å². The number of amides is 1. The van der Waals surface area contributed by atoms with Crippen LogP contribution in [0.5, 0.6) is 0 Å². The second kappa shape index (κ2) is 8.52. The second-order valence-electron chi connectivity index (χ2n) is 5.15. The predicted octanol–water partition coefficient (Wildman–Crippen LogP) is 4.13. The first kappa shape index (κ1) is 15.5. The Hall–Kier alpha value is -1.57. The van der Waals surface area contributed by atoms with Gasteiger partial charge in [0.2, 0.25) is 5.91 Å². The molecule has 0 saturated carbocycles. The van der Waals surface area contributed by atoms with E-state index in [1.807, 2.05) is 6.08 Å². The van der Waals surface area contributed by atoms with Gasteiger partial charge in [-0.1, -0.05) is 57.9 Å². The first-order valence-corrected chi connectivity index (χ1v) is 7.19. The molecule has 0 atom stereocenters. The summed E-state index contributed by atoms with van der Waals surface area (Å²) in [7, 11) is 0. The Morgan fingerprint density at radius 1 is 1.21 bits per heavy atom. The van der Waals surface area contributed by atoms with Crippen molar-refractivity contribution in [2.75, 3.05) is 6.54 Å². The van der Waals surface area contributed by atoms with Crippen LogP contribution >= 0.6 is 0 Å². The third kappa shape index (κ3) is 6.23. The number of benzene rings is 1. The zero-order valence-electron chi connectivity index (χ0n) is 12.3. The molecule has 0 spiro atoms. The molecule has 1 aromatic rings. The number of nitrogens with one attached hydrogen (secondary N) is 1. The van der Waals surface area contributed by atoms with E-state index in [0.717, 1.165) is 18.5 Å². The number of carbonyl (C=O) groups is 1. The minimum Gasteiger partial charge on any atom is -0.353 e. The van der Waals surface area contributed by atoms with Crippen molar-refractivity contribution in [1.29, 1.82) is 0 Å². The third-order valence-electron chi connectivity index (χ3n) is 3.11. The van der Waals surface area contributed by atoms with Crippen molar-refractivity contribution >= 4 is 12.0 Å². The zero-order chi connectivity index (χ0) is 14.1. The molecular weight excluding hydrogens is 234 g/mol. The summed E-state index contributed by atoms with van der Waals surface area (Å²) in [5.74, 6) is 0.531. The Bertz CT molecular complexity index is 404. The fourth-order valence-electron chi connectivity index (χ4n) is 1.81.